The van der Waals surface area contributed by atoms with Crippen LogP contribution in [0.15, 0.2) is 35.9 Å². The largest absolute Gasteiger partial charge is 0.496 e. The van der Waals surface area contributed by atoms with Crippen molar-refractivity contribution in [1.82, 2.24) is 0 Å². The second kappa shape index (κ2) is 8.27. The number of carbonyl (C=O) groups excluding carboxylic acids is 1. The fourth-order valence-electron chi connectivity index (χ4n) is 1.78. The average molecular weight is 308 g/mol. The Morgan fingerprint density at radius 3 is 2.71 bits per heavy atom. The Morgan fingerprint density at radius 1 is 1.48 bits per heavy atom. The second-order valence-corrected chi connectivity index (χ2v) is 4.56. The van der Waals surface area contributed by atoms with Gasteiger partial charge in [0.05, 0.1) is 19.4 Å². The minimum atomic E-state index is -0.372. The molecule has 0 amide bonds. The molecule has 0 aliphatic carbocycles. The highest BCUT2D eigenvalue weighted by atomic mass is 35.5. The van der Waals surface area contributed by atoms with Crippen LogP contribution in [-0.2, 0) is 16.0 Å². The number of esters is 1. The molecule has 0 saturated heterocycles. The number of rotatable bonds is 7. The molecule has 0 radical (unpaired) electrons. The van der Waals surface area contributed by atoms with Crippen LogP contribution in [0.4, 0.5) is 5.69 Å². The van der Waals surface area contributed by atoms with E-state index in [1.165, 1.54) is 6.08 Å². The number of hydrogen-bond donors (Lipinski definition) is 0. The monoisotopic (exact) mass is 307 g/mol. The Morgan fingerprint density at radius 2 is 2.19 bits per heavy atom. The van der Waals surface area contributed by atoms with E-state index >= 15 is 0 Å². The molecule has 4 nitrogen and oxygen atoms in total. The lowest BCUT2D eigenvalue weighted by Gasteiger charge is -2.11. The van der Waals surface area contributed by atoms with Gasteiger partial charge in [-0.1, -0.05) is 24.3 Å². The summed E-state index contributed by atoms with van der Waals surface area (Å²) in [6.07, 6.45) is 3.59. The van der Waals surface area contributed by atoms with Crippen LogP contribution in [0.5, 0.6) is 5.75 Å². The van der Waals surface area contributed by atoms with Crippen molar-refractivity contribution in [2.45, 2.75) is 13.3 Å². The first-order valence-corrected chi connectivity index (χ1v) is 6.77. The lowest BCUT2D eigenvalue weighted by atomic mass is 10.0. The molecule has 0 aromatic heterocycles. The maximum atomic E-state index is 11.3. The van der Waals surface area contributed by atoms with Gasteiger partial charge in [-0.05, 0) is 31.7 Å². The molecule has 0 bridgehead atoms. The second-order valence-electron chi connectivity index (χ2n) is 4.10. The van der Waals surface area contributed by atoms with Crippen molar-refractivity contribution in [3.8, 4) is 5.75 Å². The lowest BCUT2D eigenvalue weighted by Crippen LogP contribution is -1.99. The van der Waals surface area contributed by atoms with Crippen LogP contribution >= 0.6 is 11.6 Å². The van der Waals surface area contributed by atoms with E-state index in [1.807, 2.05) is 6.07 Å². The van der Waals surface area contributed by atoms with Crippen LogP contribution in [0.25, 0.3) is 5.03 Å². The first-order chi connectivity index (χ1) is 10.0. The molecule has 0 saturated carbocycles. The molecule has 5 heteroatoms. The van der Waals surface area contributed by atoms with Gasteiger partial charge in [-0.15, -0.1) is 0 Å². The van der Waals surface area contributed by atoms with E-state index in [2.05, 4.69) is 18.3 Å². The Balaban J connectivity index is 3.05. The number of hydrogen-bond acceptors (Lipinski definition) is 4. The van der Waals surface area contributed by atoms with Crippen LogP contribution in [0.1, 0.15) is 18.1 Å². The molecule has 0 atom stereocenters. The van der Waals surface area contributed by atoms with Crippen molar-refractivity contribution in [2.24, 2.45) is 4.99 Å². The molecule has 0 spiro atoms. The minimum absolute atomic E-state index is 0.350. The number of nitrogens with zero attached hydrogens (tertiary/aromatic N) is 1. The summed E-state index contributed by atoms with van der Waals surface area (Å²) >= 11 is 5.97. The molecular formula is C16H18ClNO3. The van der Waals surface area contributed by atoms with Crippen molar-refractivity contribution >= 4 is 35.0 Å². The maximum absolute atomic E-state index is 11.3. The fraction of sp³-hybridized carbons (Fsp3) is 0.250. The van der Waals surface area contributed by atoms with Gasteiger partial charge in [-0.3, -0.25) is 4.99 Å². The summed E-state index contributed by atoms with van der Waals surface area (Å²) in [6, 6.07) is 3.57. The minimum Gasteiger partial charge on any atom is -0.496 e. The Labute approximate surface area is 129 Å². The highest BCUT2D eigenvalue weighted by Gasteiger charge is 2.10. The topological polar surface area (TPSA) is 47.9 Å². The molecule has 0 heterocycles. The molecule has 112 valence electrons. The number of halogens is 1. The highest BCUT2D eigenvalue weighted by molar-refractivity contribution is 6.48. The first kappa shape index (κ1) is 17.0. The van der Waals surface area contributed by atoms with E-state index in [0.29, 0.717) is 35.1 Å². The van der Waals surface area contributed by atoms with Gasteiger partial charge in [-0.2, -0.15) is 0 Å². The van der Waals surface area contributed by atoms with E-state index in [4.69, 9.17) is 21.1 Å². The number of carbonyl (C=O) groups is 1. The zero-order valence-corrected chi connectivity index (χ0v) is 12.9. The van der Waals surface area contributed by atoms with Crippen LogP contribution in [-0.4, -0.2) is 26.4 Å². The van der Waals surface area contributed by atoms with Crippen LogP contribution in [0.3, 0.4) is 0 Å². The molecule has 1 aromatic carbocycles. The van der Waals surface area contributed by atoms with E-state index in [9.17, 15) is 4.79 Å². The Bertz CT molecular complexity index is 579. The third-order valence-electron chi connectivity index (χ3n) is 2.74. The van der Waals surface area contributed by atoms with E-state index in [1.54, 1.807) is 26.2 Å². The van der Waals surface area contributed by atoms with E-state index < -0.39 is 0 Å². The van der Waals surface area contributed by atoms with Crippen molar-refractivity contribution in [1.29, 1.82) is 0 Å². The first-order valence-electron chi connectivity index (χ1n) is 6.39. The summed E-state index contributed by atoms with van der Waals surface area (Å²) in [7, 11) is 1.57. The summed E-state index contributed by atoms with van der Waals surface area (Å²) < 4.78 is 10.1. The predicted molar refractivity (Wildman–Crippen MR) is 86.6 cm³/mol. The van der Waals surface area contributed by atoms with Crippen molar-refractivity contribution in [3.63, 3.8) is 0 Å². The summed E-state index contributed by atoms with van der Waals surface area (Å²) in [6.45, 7) is 9.32. The molecule has 21 heavy (non-hydrogen) atoms. The summed E-state index contributed by atoms with van der Waals surface area (Å²) in [5.41, 5.74) is 2.15. The molecule has 1 rings (SSSR count). The molecule has 0 unspecified atom stereocenters. The average Bonchev–Trinajstić information content (AvgIpc) is 2.46. The van der Waals surface area contributed by atoms with Gasteiger partial charge in [0, 0.05) is 22.7 Å². The maximum Gasteiger partial charge on any atom is 0.330 e. The Hall–Kier alpha value is -2.07. The quantitative estimate of drug-likeness (QED) is 0.436. The smallest absolute Gasteiger partial charge is 0.330 e. The van der Waals surface area contributed by atoms with Crippen LogP contribution in [0, 0.1) is 0 Å². The molecule has 0 fully saturated rings. The number of aliphatic imine (C=N–C) groups is 1. The van der Waals surface area contributed by atoms with Gasteiger partial charge in [0.25, 0.3) is 0 Å². The summed E-state index contributed by atoms with van der Waals surface area (Å²) in [5, 5.41) is 0.371. The third kappa shape index (κ3) is 4.76. The van der Waals surface area contributed by atoms with Gasteiger partial charge in [0.15, 0.2) is 0 Å². The third-order valence-corrected chi connectivity index (χ3v) is 2.94. The van der Waals surface area contributed by atoms with Crippen molar-refractivity contribution < 1.29 is 14.3 Å². The van der Waals surface area contributed by atoms with Crippen molar-refractivity contribution in [3.05, 3.63) is 42.0 Å². The van der Waals surface area contributed by atoms with Crippen LogP contribution < -0.4 is 4.74 Å². The summed E-state index contributed by atoms with van der Waals surface area (Å²) in [4.78, 5) is 15.2. The number of ether oxygens (including phenoxy) is 2. The van der Waals surface area contributed by atoms with Crippen molar-refractivity contribution in [2.75, 3.05) is 13.7 Å². The van der Waals surface area contributed by atoms with Gasteiger partial charge in [-0.25, -0.2) is 4.79 Å². The molecule has 0 aliphatic rings. The van der Waals surface area contributed by atoms with E-state index in [0.717, 1.165) is 5.56 Å². The van der Waals surface area contributed by atoms with Gasteiger partial charge < -0.3 is 9.47 Å². The molecule has 0 aliphatic heterocycles. The predicted octanol–water partition coefficient (Wildman–Crippen LogP) is 3.90. The number of benzene rings is 1. The fourth-order valence-corrected chi connectivity index (χ4v) is 1.94. The standard InChI is InChI=1S/C16H18ClNO3/c1-5-21-16(19)8-6-7-12-9-13(11(2)17)14(18-3)10-15(12)20-4/h6,8-10H,2-3,5,7H2,1,4H3/b8-6+. The zero-order chi connectivity index (χ0) is 15.8. The van der Waals surface area contributed by atoms with Gasteiger partial charge >= 0.3 is 5.97 Å². The van der Waals surface area contributed by atoms with Crippen LogP contribution in [0.2, 0.25) is 0 Å². The normalized spacial score (nSPS) is 10.4. The number of methoxy groups -OCH3 is 1. The van der Waals surface area contributed by atoms with Gasteiger partial charge in [0.1, 0.15) is 5.75 Å². The summed E-state index contributed by atoms with van der Waals surface area (Å²) in [5.74, 6) is 0.274. The van der Waals surface area contributed by atoms with E-state index in [-0.39, 0.29) is 5.97 Å². The SMILES string of the molecule is C=Nc1cc(OC)c(C/C=C/C(=O)OCC)cc1C(=C)Cl. The van der Waals surface area contributed by atoms with Gasteiger partial charge in [0.2, 0.25) is 0 Å². The molecular weight excluding hydrogens is 290 g/mol. The lowest BCUT2D eigenvalue weighted by molar-refractivity contribution is -0.137. The molecule has 0 N–H and O–H groups in total. The highest BCUT2D eigenvalue weighted by Crippen LogP contribution is 2.34. The number of allylic oxidation sites excluding steroid dienone is 1. The Kier molecular flexibility index (Phi) is 6.69. The molecule has 1 aromatic rings. The zero-order valence-electron chi connectivity index (χ0n) is 12.2.